The van der Waals surface area contributed by atoms with Crippen LogP contribution in [0.25, 0.3) is 11.5 Å². The molecule has 98 valence electrons. The third-order valence-electron chi connectivity index (χ3n) is 2.52. The van der Waals surface area contributed by atoms with Crippen LogP contribution in [0, 0.1) is 0 Å². The molecule has 0 amide bonds. The highest BCUT2D eigenvalue weighted by Crippen LogP contribution is 2.20. The summed E-state index contributed by atoms with van der Waals surface area (Å²) in [6, 6.07) is 1.92. The second kappa shape index (κ2) is 4.90. The fourth-order valence-corrected chi connectivity index (χ4v) is 2.18. The molecule has 1 atom stereocenters. The van der Waals surface area contributed by atoms with E-state index >= 15 is 0 Å². The van der Waals surface area contributed by atoms with E-state index in [0.29, 0.717) is 24.0 Å². The van der Waals surface area contributed by atoms with Crippen LogP contribution < -0.4 is 0 Å². The topological polar surface area (TPSA) is 89.9 Å². The van der Waals surface area contributed by atoms with Gasteiger partial charge in [-0.2, -0.15) is 16.3 Å². The summed E-state index contributed by atoms with van der Waals surface area (Å²) in [6.45, 7) is 1.99. The molecule has 8 heteroatoms. The Hall–Kier alpha value is -2.06. The van der Waals surface area contributed by atoms with Crippen LogP contribution in [0.1, 0.15) is 24.5 Å². The maximum atomic E-state index is 9.37. The summed E-state index contributed by atoms with van der Waals surface area (Å²) in [5, 5.41) is 24.9. The zero-order chi connectivity index (χ0) is 13.2. The van der Waals surface area contributed by atoms with Crippen molar-refractivity contribution in [1.29, 1.82) is 0 Å². The summed E-state index contributed by atoms with van der Waals surface area (Å²) in [5.41, 5.74) is 1.42. The van der Waals surface area contributed by atoms with E-state index in [9.17, 15) is 5.11 Å². The molecule has 3 aromatic heterocycles. The lowest BCUT2D eigenvalue weighted by Gasteiger charge is -1.95. The van der Waals surface area contributed by atoms with Crippen LogP contribution in [0.3, 0.4) is 0 Å². The van der Waals surface area contributed by atoms with Crippen LogP contribution in [0.4, 0.5) is 0 Å². The van der Waals surface area contributed by atoms with E-state index in [1.54, 1.807) is 29.1 Å². The summed E-state index contributed by atoms with van der Waals surface area (Å²) in [4.78, 5) is 4.28. The minimum absolute atomic E-state index is 0.355. The van der Waals surface area contributed by atoms with Gasteiger partial charge < -0.3 is 9.63 Å². The van der Waals surface area contributed by atoms with Gasteiger partial charge in [0.05, 0.1) is 17.9 Å². The van der Waals surface area contributed by atoms with Crippen molar-refractivity contribution < 1.29 is 9.63 Å². The number of nitrogens with zero attached hydrogens (tertiary/aromatic N) is 5. The molecule has 0 saturated heterocycles. The second-order valence-electron chi connectivity index (χ2n) is 4.04. The lowest BCUT2D eigenvalue weighted by atomic mass is 10.3. The van der Waals surface area contributed by atoms with Crippen molar-refractivity contribution in [3.05, 3.63) is 34.5 Å². The minimum atomic E-state index is -0.639. The predicted octanol–water partition coefficient (Wildman–Crippen LogP) is 1.49. The highest BCUT2D eigenvalue weighted by Gasteiger charge is 2.11. The van der Waals surface area contributed by atoms with Crippen molar-refractivity contribution in [1.82, 2.24) is 25.1 Å². The van der Waals surface area contributed by atoms with Crippen molar-refractivity contribution in [3.8, 4) is 11.5 Å². The van der Waals surface area contributed by atoms with Gasteiger partial charge in [-0.3, -0.25) is 0 Å². The van der Waals surface area contributed by atoms with Gasteiger partial charge in [0.1, 0.15) is 12.2 Å². The van der Waals surface area contributed by atoms with Gasteiger partial charge in [-0.05, 0) is 18.4 Å². The van der Waals surface area contributed by atoms with Crippen LogP contribution in [0.5, 0.6) is 0 Å². The summed E-state index contributed by atoms with van der Waals surface area (Å²) < 4.78 is 6.73. The Kier molecular flexibility index (Phi) is 3.10. The fraction of sp³-hybridized carbons (Fsp3) is 0.273. The van der Waals surface area contributed by atoms with Gasteiger partial charge in [0.25, 0.3) is 5.89 Å². The summed E-state index contributed by atoms with van der Waals surface area (Å²) in [7, 11) is 0. The number of thiophene rings is 1. The number of rotatable bonds is 4. The van der Waals surface area contributed by atoms with Crippen molar-refractivity contribution >= 4 is 11.3 Å². The molecule has 0 spiro atoms. The largest absolute Gasteiger partial charge is 0.387 e. The molecule has 19 heavy (non-hydrogen) atoms. The van der Waals surface area contributed by atoms with E-state index in [0.717, 1.165) is 5.56 Å². The van der Waals surface area contributed by atoms with Gasteiger partial charge in [-0.15, -0.1) is 5.10 Å². The van der Waals surface area contributed by atoms with Crippen LogP contribution in [-0.2, 0) is 6.54 Å². The van der Waals surface area contributed by atoms with Crippen molar-refractivity contribution in [2.45, 2.75) is 19.6 Å². The van der Waals surface area contributed by atoms with Gasteiger partial charge in [0.2, 0.25) is 0 Å². The SMILES string of the molecule is CC(O)c1cn(Cc2noc(-c3ccsc3)n2)nn1. The van der Waals surface area contributed by atoms with Crippen LogP contribution >= 0.6 is 11.3 Å². The summed E-state index contributed by atoms with van der Waals surface area (Å²) >= 11 is 1.57. The number of aliphatic hydroxyl groups excluding tert-OH is 1. The molecule has 0 aliphatic heterocycles. The zero-order valence-electron chi connectivity index (χ0n) is 10.1. The quantitative estimate of drug-likeness (QED) is 0.777. The molecule has 3 heterocycles. The van der Waals surface area contributed by atoms with Crippen LogP contribution in [0.2, 0.25) is 0 Å². The summed E-state index contributed by atoms with van der Waals surface area (Å²) in [5.74, 6) is 1.01. The third-order valence-corrected chi connectivity index (χ3v) is 3.21. The number of aliphatic hydroxyl groups is 1. The minimum Gasteiger partial charge on any atom is -0.387 e. The molecule has 0 radical (unpaired) electrons. The summed E-state index contributed by atoms with van der Waals surface area (Å²) in [6.07, 6.45) is 1.02. The Morgan fingerprint density at radius 1 is 1.53 bits per heavy atom. The first-order valence-corrected chi connectivity index (χ1v) is 6.60. The Bertz CT molecular complexity index is 658. The van der Waals surface area contributed by atoms with Crippen LogP contribution in [-0.4, -0.2) is 30.2 Å². The van der Waals surface area contributed by atoms with Gasteiger partial charge in [-0.1, -0.05) is 10.4 Å². The molecule has 0 aliphatic carbocycles. The highest BCUT2D eigenvalue weighted by molar-refractivity contribution is 7.08. The van der Waals surface area contributed by atoms with Crippen molar-refractivity contribution in [3.63, 3.8) is 0 Å². The maximum absolute atomic E-state index is 9.37. The predicted molar refractivity (Wildman–Crippen MR) is 67.4 cm³/mol. The third kappa shape index (κ3) is 2.54. The molecule has 0 saturated carbocycles. The first kappa shape index (κ1) is 12.0. The first-order chi connectivity index (χ1) is 9.22. The Balaban J connectivity index is 1.76. The fourth-order valence-electron chi connectivity index (χ4n) is 1.55. The Labute approximate surface area is 112 Å². The van der Waals surface area contributed by atoms with Crippen molar-refractivity contribution in [2.24, 2.45) is 0 Å². The average molecular weight is 277 g/mol. The van der Waals surface area contributed by atoms with E-state index < -0.39 is 6.10 Å². The molecule has 1 N–H and O–H groups in total. The molecule has 0 fully saturated rings. The van der Waals surface area contributed by atoms with Crippen molar-refractivity contribution in [2.75, 3.05) is 0 Å². The molecular weight excluding hydrogens is 266 g/mol. The number of aromatic nitrogens is 5. The Morgan fingerprint density at radius 2 is 2.42 bits per heavy atom. The Morgan fingerprint density at radius 3 is 3.11 bits per heavy atom. The molecule has 7 nitrogen and oxygen atoms in total. The molecular formula is C11H11N5O2S. The van der Waals surface area contributed by atoms with Gasteiger partial charge >= 0.3 is 0 Å². The standard InChI is InChI=1S/C11H11N5O2S/c1-7(17)9-4-16(15-13-9)5-10-12-11(18-14-10)8-2-3-19-6-8/h2-4,6-7,17H,5H2,1H3. The van der Waals surface area contributed by atoms with E-state index in [2.05, 4.69) is 20.5 Å². The van der Waals surface area contributed by atoms with Gasteiger partial charge in [0.15, 0.2) is 5.82 Å². The smallest absolute Gasteiger partial charge is 0.258 e. The normalized spacial score (nSPS) is 12.7. The lowest BCUT2D eigenvalue weighted by Crippen LogP contribution is -2.02. The second-order valence-corrected chi connectivity index (χ2v) is 4.82. The van der Waals surface area contributed by atoms with Crippen LogP contribution in [0.15, 0.2) is 27.5 Å². The van der Waals surface area contributed by atoms with E-state index in [1.807, 2.05) is 16.8 Å². The number of hydrogen-bond donors (Lipinski definition) is 1. The van der Waals surface area contributed by atoms with Gasteiger partial charge in [-0.25, -0.2) is 4.68 Å². The molecule has 0 bridgehead atoms. The lowest BCUT2D eigenvalue weighted by molar-refractivity contribution is 0.194. The average Bonchev–Trinajstić information content (AvgIpc) is 3.09. The molecule has 0 aliphatic rings. The first-order valence-electron chi connectivity index (χ1n) is 5.65. The monoisotopic (exact) mass is 277 g/mol. The molecule has 3 rings (SSSR count). The van der Waals surface area contributed by atoms with Gasteiger partial charge in [0, 0.05) is 5.38 Å². The van der Waals surface area contributed by atoms with E-state index in [-0.39, 0.29) is 0 Å². The number of hydrogen-bond acceptors (Lipinski definition) is 7. The molecule has 1 unspecified atom stereocenters. The zero-order valence-corrected chi connectivity index (χ0v) is 10.9. The van der Waals surface area contributed by atoms with E-state index in [4.69, 9.17) is 4.52 Å². The molecule has 3 aromatic rings. The molecule has 0 aromatic carbocycles. The maximum Gasteiger partial charge on any atom is 0.258 e. The van der Waals surface area contributed by atoms with E-state index in [1.165, 1.54) is 0 Å². The highest BCUT2D eigenvalue weighted by atomic mass is 32.1.